The van der Waals surface area contributed by atoms with Crippen LogP contribution in [0.5, 0.6) is 11.5 Å². The molecule has 0 radical (unpaired) electrons. The van der Waals surface area contributed by atoms with Crippen LogP contribution in [0.3, 0.4) is 0 Å². The third-order valence-electron chi connectivity index (χ3n) is 3.32. The zero-order chi connectivity index (χ0) is 11.8. The van der Waals surface area contributed by atoms with Crippen LogP contribution in [0.25, 0.3) is 0 Å². The van der Waals surface area contributed by atoms with Crippen LogP contribution in [-0.2, 0) is 0 Å². The van der Waals surface area contributed by atoms with Crippen LogP contribution in [0, 0.1) is 0 Å². The summed E-state index contributed by atoms with van der Waals surface area (Å²) in [5, 5.41) is 9.52. The maximum absolute atomic E-state index is 9.52. The second-order valence-electron chi connectivity index (χ2n) is 4.46. The molecule has 2 aromatic carbocycles. The van der Waals surface area contributed by atoms with Gasteiger partial charge < -0.3 is 9.84 Å². The largest absolute Gasteiger partial charge is 0.508 e. The summed E-state index contributed by atoms with van der Waals surface area (Å²) in [7, 11) is 0. The van der Waals surface area contributed by atoms with E-state index in [0.29, 0.717) is 5.75 Å². The highest BCUT2D eigenvalue weighted by Crippen LogP contribution is 2.46. The maximum atomic E-state index is 9.52. The lowest BCUT2D eigenvalue weighted by molar-refractivity contribution is 0.216. The number of benzene rings is 2. The van der Waals surface area contributed by atoms with Gasteiger partial charge in [-0.1, -0.05) is 37.3 Å². The Labute approximate surface area is 100 Å². The number of hydrogen-bond donors (Lipinski definition) is 1. The van der Waals surface area contributed by atoms with E-state index in [-0.39, 0.29) is 12.0 Å². The molecule has 2 nitrogen and oxygen atoms in total. The monoisotopic (exact) mass is 226 g/mol. The minimum absolute atomic E-state index is 0.0491. The summed E-state index contributed by atoms with van der Waals surface area (Å²) in [6.07, 6.45) is 0.0491. The highest BCUT2D eigenvalue weighted by molar-refractivity contribution is 5.46. The van der Waals surface area contributed by atoms with Crippen molar-refractivity contribution in [3.8, 4) is 11.5 Å². The Kier molecular flexibility index (Phi) is 2.29. The predicted molar refractivity (Wildman–Crippen MR) is 66.3 cm³/mol. The van der Waals surface area contributed by atoms with Gasteiger partial charge in [0, 0.05) is 11.5 Å². The Morgan fingerprint density at radius 2 is 1.82 bits per heavy atom. The molecular weight excluding hydrogens is 212 g/mol. The summed E-state index contributed by atoms with van der Waals surface area (Å²) in [6.45, 7) is 2.13. The Balaban J connectivity index is 1.99. The first-order chi connectivity index (χ1) is 8.25. The van der Waals surface area contributed by atoms with E-state index in [2.05, 4.69) is 19.1 Å². The predicted octanol–water partition coefficient (Wildman–Crippen LogP) is 3.63. The molecule has 1 N–H and O–H groups in total. The highest BCUT2D eigenvalue weighted by Gasteiger charge is 2.32. The lowest BCUT2D eigenvalue weighted by atomic mass is 9.93. The SMILES string of the molecule is C[C@H]1c2cc(O)ccc2O[C@@H]1c1ccccc1. The van der Waals surface area contributed by atoms with Crippen molar-refractivity contribution in [1.29, 1.82) is 0 Å². The molecule has 0 saturated carbocycles. The molecule has 1 aliphatic rings. The van der Waals surface area contributed by atoms with Gasteiger partial charge in [0.2, 0.25) is 0 Å². The van der Waals surface area contributed by atoms with Gasteiger partial charge in [0.1, 0.15) is 17.6 Å². The molecule has 2 atom stereocenters. The van der Waals surface area contributed by atoms with Gasteiger partial charge >= 0.3 is 0 Å². The average molecular weight is 226 g/mol. The number of phenols is 1. The molecule has 1 heterocycles. The molecule has 0 unspecified atom stereocenters. The molecule has 17 heavy (non-hydrogen) atoms. The number of phenolic OH excluding ortho intramolecular Hbond substituents is 1. The van der Waals surface area contributed by atoms with E-state index in [1.165, 1.54) is 5.56 Å². The van der Waals surface area contributed by atoms with E-state index in [0.717, 1.165) is 11.3 Å². The fourth-order valence-corrected chi connectivity index (χ4v) is 2.40. The minimum Gasteiger partial charge on any atom is -0.508 e. The Hall–Kier alpha value is -1.96. The molecule has 0 amide bonds. The Morgan fingerprint density at radius 1 is 1.06 bits per heavy atom. The lowest BCUT2D eigenvalue weighted by Crippen LogP contribution is -2.06. The molecule has 0 bridgehead atoms. The summed E-state index contributed by atoms with van der Waals surface area (Å²) < 4.78 is 5.95. The van der Waals surface area contributed by atoms with Crippen LogP contribution in [0.2, 0.25) is 0 Å². The summed E-state index contributed by atoms with van der Waals surface area (Å²) in [6, 6.07) is 15.5. The number of aromatic hydroxyl groups is 1. The fourth-order valence-electron chi connectivity index (χ4n) is 2.40. The molecule has 3 rings (SSSR count). The minimum atomic E-state index is 0.0491. The topological polar surface area (TPSA) is 29.5 Å². The van der Waals surface area contributed by atoms with Gasteiger partial charge in [0.25, 0.3) is 0 Å². The molecule has 0 spiro atoms. The van der Waals surface area contributed by atoms with E-state index in [1.807, 2.05) is 24.3 Å². The molecule has 86 valence electrons. The summed E-state index contributed by atoms with van der Waals surface area (Å²) in [5.74, 6) is 1.44. The van der Waals surface area contributed by atoms with Crippen LogP contribution >= 0.6 is 0 Å². The zero-order valence-corrected chi connectivity index (χ0v) is 9.63. The standard InChI is InChI=1S/C15H14O2/c1-10-13-9-12(16)7-8-14(13)17-15(10)11-5-3-2-4-6-11/h2-10,15-16H,1H3/t10-,15-/m0/s1. The molecule has 0 aromatic heterocycles. The van der Waals surface area contributed by atoms with E-state index in [4.69, 9.17) is 4.74 Å². The average Bonchev–Trinajstić information content (AvgIpc) is 2.68. The third kappa shape index (κ3) is 1.66. The van der Waals surface area contributed by atoms with E-state index >= 15 is 0 Å². The zero-order valence-electron chi connectivity index (χ0n) is 9.63. The molecule has 0 fully saturated rings. The molecule has 2 heteroatoms. The summed E-state index contributed by atoms with van der Waals surface area (Å²) in [5.41, 5.74) is 2.26. The second kappa shape index (κ2) is 3.81. The third-order valence-corrected chi connectivity index (χ3v) is 3.32. The van der Waals surface area contributed by atoms with Crippen molar-refractivity contribution in [2.45, 2.75) is 18.9 Å². The van der Waals surface area contributed by atoms with Crippen molar-refractivity contribution >= 4 is 0 Å². The molecule has 2 aromatic rings. The van der Waals surface area contributed by atoms with E-state index < -0.39 is 0 Å². The van der Waals surface area contributed by atoms with Crippen LogP contribution in [0.1, 0.15) is 30.1 Å². The molecule has 1 aliphatic heterocycles. The number of ether oxygens (including phenoxy) is 1. The van der Waals surface area contributed by atoms with Crippen LogP contribution < -0.4 is 4.74 Å². The van der Waals surface area contributed by atoms with Crippen molar-refractivity contribution in [3.63, 3.8) is 0 Å². The normalized spacial score (nSPS) is 21.9. The van der Waals surface area contributed by atoms with Crippen molar-refractivity contribution in [1.82, 2.24) is 0 Å². The van der Waals surface area contributed by atoms with Gasteiger partial charge in [0.05, 0.1) is 0 Å². The van der Waals surface area contributed by atoms with Crippen molar-refractivity contribution in [2.75, 3.05) is 0 Å². The number of fused-ring (bicyclic) bond motifs is 1. The molecular formula is C15H14O2. The second-order valence-corrected chi connectivity index (χ2v) is 4.46. The summed E-state index contributed by atoms with van der Waals surface area (Å²) in [4.78, 5) is 0. The highest BCUT2D eigenvalue weighted by atomic mass is 16.5. The van der Waals surface area contributed by atoms with Crippen molar-refractivity contribution in [3.05, 3.63) is 59.7 Å². The van der Waals surface area contributed by atoms with Gasteiger partial charge in [-0.2, -0.15) is 0 Å². The van der Waals surface area contributed by atoms with E-state index in [1.54, 1.807) is 12.1 Å². The lowest BCUT2D eigenvalue weighted by Gasteiger charge is -2.15. The Morgan fingerprint density at radius 3 is 2.59 bits per heavy atom. The fraction of sp³-hybridized carbons (Fsp3) is 0.200. The maximum Gasteiger partial charge on any atom is 0.130 e. The first-order valence-electron chi connectivity index (χ1n) is 5.80. The van der Waals surface area contributed by atoms with Crippen LogP contribution in [0.15, 0.2) is 48.5 Å². The quantitative estimate of drug-likeness (QED) is 0.804. The van der Waals surface area contributed by atoms with E-state index in [9.17, 15) is 5.11 Å². The number of rotatable bonds is 1. The first kappa shape index (κ1) is 10.2. The smallest absolute Gasteiger partial charge is 0.130 e. The van der Waals surface area contributed by atoms with Gasteiger partial charge in [0.15, 0.2) is 0 Å². The van der Waals surface area contributed by atoms with Crippen LogP contribution in [0.4, 0.5) is 0 Å². The van der Waals surface area contributed by atoms with Crippen molar-refractivity contribution in [2.24, 2.45) is 0 Å². The first-order valence-corrected chi connectivity index (χ1v) is 5.80. The molecule has 0 saturated heterocycles. The molecule has 0 aliphatic carbocycles. The van der Waals surface area contributed by atoms with Gasteiger partial charge in [-0.05, 0) is 23.8 Å². The van der Waals surface area contributed by atoms with Gasteiger partial charge in [-0.15, -0.1) is 0 Å². The Bertz CT molecular complexity index is 534. The van der Waals surface area contributed by atoms with Crippen molar-refractivity contribution < 1.29 is 9.84 Å². The van der Waals surface area contributed by atoms with Gasteiger partial charge in [-0.25, -0.2) is 0 Å². The summed E-state index contributed by atoms with van der Waals surface area (Å²) >= 11 is 0. The van der Waals surface area contributed by atoms with Gasteiger partial charge in [-0.3, -0.25) is 0 Å². The van der Waals surface area contributed by atoms with Crippen LogP contribution in [-0.4, -0.2) is 5.11 Å². The number of hydrogen-bond acceptors (Lipinski definition) is 2.